The van der Waals surface area contributed by atoms with Gasteiger partial charge in [-0.3, -0.25) is 4.79 Å². The Morgan fingerprint density at radius 2 is 2.08 bits per heavy atom. The van der Waals surface area contributed by atoms with Crippen LogP contribution in [0.2, 0.25) is 5.02 Å². The van der Waals surface area contributed by atoms with E-state index < -0.39 is 5.91 Å². The third-order valence-electron chi connectivity index (χ3n) is 3.48. The predicted octanol–water partition coefficient (Wildman–Crippen LogP) is 4.82. The van der Waals surface area contributed by atoms with Crippen molar-refractivity contribution in [3.63, 3.8) is 0 Å². The second-order valence-corrected chi connectivity index (χ2v) is 6.59. The first-order chi connectivity index (χ1) is 12.1. The Hall–Kier alpha value is -2.50. The van der Waals surface area contributed by atoms with E-state index >= 15 is 0 Å². The first kappa shape index (κ1) is 17.3. The minimum absolute atomic E-state index is 0.351. The third kappa shape index (κ3) is 3.78. The number of aromatic nitrogens is 1. The summed E-state index contributed by atoms with van der Waals surface area (Å²) >= 11 is 7.32. The molecule has 3 aromatic rings. The van der Waals surface area contributed by atoms with E-state index in [9.17, 15) is 9.18 Å². The fourth-order valence-corrected chi connectivity index (χ4v) is 3.63. The Morgan fingerprint density at radius 1 is 1.28 bits per heavy atom. The molecule has 0 saturated heterocycles. The van der Waals surface area contributed by atoms with Crippen LogP contribution in [0.5, 0.6) is 0 Å². The van der Waals surface area contributed by atoms with Crippen molar-refractivity contribution in [1.29, 1.82) is 0 Å². The lowest BCUT2D eigenvalue weighted by Gasteiger charge is -2.01. The van der Waals surface area contributed by atoms with Gasteiger partial charge >= 0.3 is 0 Å². The molecule has 0 radical (unpaired) electrons. The van der Waals surface area contributed by atoms with Crippen LogP contribution in [-0.4, -0.2) is 10.5 Å². The van der Waals surface area contributed by atoms with Crippen molar-refractivity contribution < 1.29 is 9.18 Å². The van der Waals surface area contributed by atoms with E-state index in [1.54, 1.807) is 41.0 Å². The van der Waals surface area contributed by atoms with Crippen molar-refractivity contribution in [3.05, 3.63) is 82.4 Å². The maximum atomic E-state index is 14.1. The Morgan fingerprint density at radius 3 is 2.84 bits per heavy atom. The number of halogens is 2. The van der Waals surface area contributed by atoms with Gasteiger partial charge in [0, 0.05) is 17.6 Å². The molecular weight excluding hydrogens is 359 g/mol. The molecule has 0 saturated carbocycles. The number of fused-ring (bicyclic) bond motifs is 1. The van der Waals surface area contributed by atoms with Crippen LogP contribution in [0, 0.1) is 5.82 Å². The highest BCUT2D eigenvalue weighted by Crippen LogP contribution is 2.20. The zero-order valence-electron chi connectivity index (χ0n) is 13.2. The summed E-state index contributed by atoms with van der Waals surface area (Å²) in [5, 5.41) is 0.553. The summed E-state index contributed by atoms with van der Waals surface area (Å²) in [7, 11) is 0. The van der Waals surface area contributed by atoms with Crippen LogP contribution in [-0.2, 0) is 11.3 Å². The molecule has 0 spiro atoms. The van der Waals surface area contributed by atoms with E-state index in [-0.39, 0.29) is 5.82 Å². The molecule has 0 aliphatic rings. The smallest absolute Gasteiger partial charge is 0.272 e. The number of nitrogens with zero attached hydrogens (tertiary/aromatic N) is 2. The average molecular weight is 373 g/mol. The molecule has 126 valence electrons. The molecule has 1 amide bonds. The van der Waals surface area contributed by atoms with E-state index in [0.29, 0.717) is 21.9 Å². The number of benzene rings is 2. The van der Waals surface area contributed by atoms with Crippen LogP contribution in [0.15, 0.2) is 66.2 Å². The summed E-state index contributed by atoms with van der Waals surface area (Å²) in [6.07, 6.45) is 4.60. The molecule has 6 heteroatoms. The highest BCUT2D eigenvalue weighted by atomic mass is 35.5. The van der Waals surface area contributed by atoms with Crippen LogP contribution in [0.25, 0.3) is 16.3 Å². The number of amides is 1. The number of hydrogen-bond donors (Lipinski definition) is 0. The molecule has 25 heavy (non-hydrogen) atoms. The number of para-hydroxylation sites is 1. The molecule has 0 aliphatic carbocycles. The number of rotatable bonds is 4. The summed E-state index contributed by atoms with van der Waals surface area (Å²) < 4.78 is 16.5. The van der Waals surface area contributed by atoms with Crippen molar-refractivity contribution in [2.75, 3.05) is 0 Å². The molecule has 0 atom stereocenters. The molecule has 1 aromatic heterocycles. The fraction of sp³-hybridized carbons (Fsp3) is 0.0526. The van der Waals surface area contributed by atoms with Gasteiger partial charge in [0.2, 0.25) is 0 Å². The normalized spacial score (nSPS) is 12.2. The standard InChI is InChI=1S/C19H14ClFN2OS/c1-2-12-23-18-15(21)8-5-9-16(18)25-19(23)22-17(24)11-10-13-6-3-4-7-14(13)20/h2-11H,1,12H2/b11-10+,22-19?. The highest BCUT2D eigenvalue weighted by Gasteiger charge is 2.10. The lowest BCUT2D eigenvalue weighted by Crippen LogP contribution is -2.16. The van der Waals surface area contributed by atoms with Gasteiger partial charge in [0.1, 0.15) is 5.82 Å². The second kappa shape index (κ2) is 7.59. The second-order valence-electron chi connectivity index (χ2n) is 5.18. The minimum atomic E-state index is -0.440. The number of thiazole rings is 1. The van der Waals surface area contributed by atoms with Gasteiger partial charge in [-0.2, -0.15) is 4.99 Å². The van der Waals surface area contributed by atoms with E-state index in [1.807, 2.05) is 12.1 Å². The van der Waals surface area contributed by atoms with Crippen molar-refractivity contribution in [1.82, 2.24) is 4.57 Å². The average Bonchev–Trinajstić information content (AvgIpc) is 2.93. The van der Waals surface area contributed by atoms with Crippen LogP contribution in [0.4, 0.5) is 4.39 Å². The van der Waals surface area contributed by atoms with Crippen LogP contribution in [0.1, 0.15) is 5.56 Å². The van der Waals surface area contributed by atoms with Gasteiger partial charge in [-0.1, -0.05) is 53.3 Å². The maximum Gasteiger partial charge on any atom is 0.272 e. The first-order valence-corrected chi connectivity index (χ1v) is 8.69. The topological polar surface area (TPSA) is 34.4 Å². The Balaban J connectivity index is 2.02. The number of carbonyl (C=O) groups is 1. The Kier molecular flexibility index (Phi) is 5.26. The van der Waals surface area contributed by atoms with Crippen molar-refractivity contribution in [2.45, 2.75) is 6.54 Å². The monoisotopic (exact) mass is 372 g/mol. The third-order valence-corrected chi connectivity index (χ3v) is 4.87. The minimum Gasteiger partial charge on any atom is -0.310 e. The maximum absolute atomic E-state index is 14.1. The molecular formula is C19H14ClFN2OS. The van der Waals surface area contributed by atoms with E-state index in [2.05, 4.69) is 11.6 Å². The first-order valence-electron chi connectivity index (χ1n) is 7.50. The Labute approximate surface area is 153 Å². The summed E-state index contributed by atoms with van der Waals surface area (Å²) in [6, 6.07) is 12.0. The summed E-state index contributed by atoms with van der Waals surface area (Å²) in [5.41, 5.74) is 1.16. The van der Waals surface area contributed by atoms with Gasteiger partial charge in [0.05, 0.1) is 10.2 Å². The van der Waals surface area contributed by atoms with Crippen LogP contribution in [0.3, 0.4) is 0 Å². The molecule has 3 nitrogen and oxygen atoms in total. The SMILES string of the molecule is C=CCn1c(=NC(=O)/C=C/c2ccccc2Cl)sc2cccc(F)c21. The number of carbonyl (C=O) groups excluding carboxylic acids is 1. The molecule has 0 N–H and O–H groups in total. The zero-order valence-corrected chi connectivity index (χ0v) is 14.7. The van der Waals surface area contributed by atoms with E-state index in [0.717, 1.165) is 10.3 Å². The van der Waals surface area contributed by atoms with Crippen molar-refractivity contribution in [2.24, 2.45) is 4.99 Å². The van der Waals surface area contributed by atoms with Crippen LogP contribution >= 0.6 is 22.9 Å². The predicted molar refractivity (Wildman–Crippen MR) is 101 cm³/mol. The molecule has 0 fully saturated rings. The molecule has 0 unspecified atom stereocenters. The molecule has 2 aromatic carbocycles. The number of hydrogen-bond acceptors (Lipinski definition) is 2. The summed E-state index contributed by atoms with van der Waals surface area (Å²) in [4.78, 5) is 16.7. The van der Waals surface area contributed by atoms with Gasteiger partial charge in [-0.05, 0) is 29.8 Å². The van der Waals surface area contributed by atoms with E-state index in [1.165, 1.54) is 23.5 Å². The molecule has 0 aliphatic heterocycles. The van der Waals surface area contributed by atoms with E-state index in [4.69, 9.17) is 11.6 Å². The van der Waals surface area contributed by atoms with Crippen molar-refractivity contribution >= 4 is 45.1 Å². The summed E-state index contributed by atoms with van der Waals surface area (Å²) in [6.45, 7) is 4.05. The van der Waals surface area contributed by atoms with Gasteiger partial charge in [0.25, 0.3) is 5.91 Å². The lowest BCUT2D eigenvalue weighted by atomic mass is 10.2. The molecule has 1 heterocycles. The van der Waals surface area contributed by atoms with Gasteiger partial charge in [0.15, 0.2) is 4.80 Å². The number of allylic oxidation sites excluding steroid dienone is 1. The summed E-state index contributed by atoms with van der Waals surface area (Å²) in [5.74, 6) is -0.791. The quantitative estimate of drug-likeness (QED) is 0.477. The fourth-order valence-electron chi connectivity index (χ4n) is 2.37. The largest absolute Gasteiger partial charge is 0.310 e. The Bertz CT molecular complexity index is 1050. The van der Waals surface area contributed by atoms with Gasteiger partial charge < -0.3 is 4.57 Å². The lowest BCUT2D eigenvalue weighted by molar-refractivity contribution is -0.113. The van der Waals surface area contributed by atoms with Crippen molar-refractivity contribution in [3.8, 4) is 0 Å². The molecule has 0 bridgehead atoms. The van der Waals surface area contributed by atoms with Gasteiger partial charge in [-0.25, -0.2) is 4.39 Å². The highest BCUT2D eigenvalue weighted by molar-refractivity contribution is 7.16. The zero-order chi connectivity index (χ0) is 17.8. The van der Waals surface area contributed by atoms with Crippen LogP contribution < -0.4 is 4.80 Å². The molecule has 3 rings (SSSR count). The van der Waals surface area contributed by atoms with Gasteiger partial charge in [-0.15, -0.1) is 6.58 Å².